The molecule has 126 valence electrons. The van der Waals surface area contributed by atoms with Gasteiger partial charge in [0.15, 0.2) is 0 Å². The van der Waals surface area contributed by atoms with Gasteiger partial charge in [-0.3, -0.25) is 9.89 Å². The van der Waals surface area contributed by atoms with Crippen molar-refractivity contribution in [3.05, 3.63) is 65.4 Å². The lowest BCUT2D eigenvalue weighted by Gasteiger charge is -2.13. The molecule has 1 aromatic heterocycles. The van der Waals surface area contributed by atoms with Gasteiger partial charge in [0, 0.05) is 34.1 Å². The van der Waals surface area contributed by atoms with Crippen LogP contribution in [0.15, 0.2) is 48.5 Å². The van der Waals surface area contributed by atoms with Crippen LogP contribution in [0, 0.1) is 0 Å². The van der Waals surface area contributed by atoms with Gasteiger partial charge in [0.25, 0.3) is 5.91 Å². The Morgan fingerprint density at radius 1 is 1.08 bits per heavy atom. The predicted molar refractivity (Wildman–Crippen MR) is 96.7 cm³/mol. The minimum atomic E-state index is -0.214. The fourth-order valence-corrected chi connectivity index (χ4v) is 3.37. The number of phenolic OH excluding ortho intramolecular Hbond substituents is 1. The third-order valence-electron chi connectivity index (χ3n) is 4.59. The first-order valence-corrected chi connectivity index (χ1v) is 8.48. The molecule has 1 aliphatic carbocycles. The van der Waals surface area contributed by atoms with E-state index in [2.05, 4.69) is 15.5 Å². The number of benzene rings is 2. The van der Waals surface area contributed by atoms with Crippen LogP contribution in [0.25, 0.3) is 11.3 Å². The number of carbonyl (C=O) groups excluding carboxylic acids is 1. The van der Waals surface area contributed by atoms with Crippen LogP contribution in [0.3, 0.4) is 0 Å². The van der Waals surface area contributed by atoms with E-state index in [9.17, 15) is 9.90 Å². The summed E-state index contributed by atoms with van der Waals surface area (Å²) >= 11 is 0. The van der Waals surface area contributed by atoms with Gasteiger partial charge in [-0.05, 0) is 43.9 Å². The highest BCUT2D eigenvalue weighted by molar-refractivity contribution is 6.08. The zero-order valence-electron chi connectivity index (χ0n) is 13.7. The summed E-state index contributed by atoms with van der Waals surface area (Å²) < 4.78 is 0. The molecule has 0 saturated heterocycles. The summed E-state index contributed by atoms with van der Waals surface area (Å²) in [5.74, 6) is -0.0961. The number of aromatic amines is 1. The van der Waals surface area contributed by atoms with E-state index in [1.807, 2.05) is 18.2 Å². The molecule has 0 saturated carbocycles. The number of aryl methyl sites for hydroxylation is 1. The molecule has 0 unspecified atom stereocenters. The second-order valence-corrected chi connectivity index (χ2v) is 6.29. The lowest BCUT2D eigenvalue weighted by atomic mass is 9.92. The van der Waals surface area contributed by atoms with Crippen LogP contribution in [0.2, 0.25) is 0 Å². The van der Waals surface area contributed by atoms with Crippen LogP contribution in [0.5, 0.6) is 5.75 Å². The molecule has 4 rings (SSSR count). The lowest BCUT2D eigenvalue weighted by molar-refractivity contribution is 0.102. The average Bonchev–Trinajstić information content (AvgIpc) is 3.06. The normalized spacial score (nSPS) is 13.3. The molecule has 3 aromatic rings. The molecule has 25 heavy (non-hydrogen) atoms. The van der Waals surface area contributed by atoms with Crippen molar-refractivity contribution in [1.82, 2.24) is 10.2 Å². The van der Waals surface area contributed by atoms with Gasteiger partial charge in [-0.2, -0.15) is 5.10 Å². The van der Waals surface area contributed by atoms with E-state index in [0.29, 0.717) is 11.3 Å². The molecule has 0 fully saturated rings. The topological polar surface area (TPSA) is 78.0 Å². The van der Waals surface area contributed by atoms with Crippen LogP contribution >= 0.6 is 0 Å². The maximum Gasteiger partial charge on any atom is 0.256 e. The summed E-state index contributed by atoms with van der Waals surface area (Å²) in [6.45, 7) is 0. The maximum atomic E-state index is 12.8. The number of nitrogens with zero attached hydrogens (tertiary/aromatic N) is 1. The summed E-state index contributed by atoms with van der Waals surface area (Å²) in [7, 11) is 0. The van der Waals surface area contributed by atoms with Crippen molar-refractivity contribution in [2.24, 2.45) is 0 Å². The highest BCUT2D eigenvalue weighted by Crippen LogP contribution is 2.31. The van der Waals surface area contributed by atoms with E-state index in [-0.39, 0.29) is 11.7 Å². The van der Waals surface area contributed by atoms with Crippen LogP contribution in [0.1, 0.15) is 34.5 Å². The number of aromatic hydroxyl groups is 1. The molecule has 5 nitrogen and oxygen atoms in total. The van der Waals surface area contributed by atoms with E-state index >= 15 is 0 Å². The SMILES string of the molecule is O=C(Nc1cccc(O)c1)c1ccccc1-c1n[nH]c2c1CCCC2. The Kier molecular flexibility index (Phi) is 3.98. The number of fused-ring (bicyclic) bond motifs is 1. The molecule has 1 heterocycles. The molecule has 1 amide bonds. The summed E-state index contributed by atoms with van der Waals surface area (Å²) in [6, 6.07) is 14.0. The smallest absolute Gasteiger partial charge is 0.256 e. The van der Waals surface area contributed by atoms with Crippen LogP contribution in [0.4, 0.5) is 5.69 Å². The zero-order chi connectivity index (χ0) is 17.2. The number of carbonyl (C=O) groups is 1. The first-order valence-electron chi connectivity index (χ1n) is 8.48. The Morgan fingerprint density at radius 3 is 2.80 bits per heavy atom. The third-order valence-corrected chi connectivity index (χ3v) is 4.59. The highest BCUT2D eigenvalue weighted by atomic mass is 16.3. The maximum absolute atomic E-state index is 12.8. The summed E-state index contributed by atoms with van der Waals surface area (Å²) in [5, 5.41) is 20.0. The Morgan fingerprint density at radius 2 is 1.92 bits per heavy atom. The molecule has 0 bridgehead atoms. The number of phenols is 1. The molecule has 0 aliphatic heterocycles. The molecule has 2 aromatic carbocycles. The van der Waals surface area contributed by atoms with Gasteiger partial charge in [-0.1, -0.05) is 24.3 Å². The largest absolute Gasteiger partial charge is 0.508 e. The second kappa shape index (κ2) is 6.43. The number of rotatable bonds is 3. The number of nitrogens with one attached hydrogen (secondary N) is 2. The first-order chi connectivity index (χ1) is 12.2. The van der Waals surface area contributed by atoms with E-state index in [1.165, 1.54) is 23.7 Å². The van der Waals surface area contributed by atoms with Crippen LogP contribution in [-0.2, 0) is 12.8 Å². The quantitative estimate of drug-likeness (QED) is 0.680. The number of amides is 1. The molecule has 0 radical (unpaired) electrons. The lowest BCUT2D eigenvalue weighted by Crippen LogP contribution is -2.13. The number of anilines is 1. The van der Waals surface area contributed by atoms with Crippen molar-refractivity contribution >= 4 is 11.6 Å². The standard InChI is InChI=1S/C20H19N3O2/c24-14-7-5-6-13(12-14)21-20(25)16-9-2-1-8-15(16)19-17-10-3-4-11-18(17)22-23-19/h1-2,5-9,12,24H,3-4,10-11H2,(H,21,25)(H,22,23). The van der Waals surface area contributed by atoms with E-state index in [1.54, 1.807) is 24.3 Å². The van der Waals surface area contributed by atoms with E-state index < -0.39 is 0 Å². The zero-order valence-corrected chi connectivity index (χ0v) is 13.7. The molecule has 3 N–H and O–H groups in total. The van der Waals surface area contributed by atoms with Crippen molar-refractivity contribution in [1.29, 1.82) is 0 Å². The van der Waals surface area contributed by atoms with Crippen LogP contribution < -0.4 is 5.32 Å². The van der Waals surface area contributed by atoms with Crippen molar-refractivity contribution in [3.63, 3.8) is 0 Å². The first kappa shape index (κ1) is 15.4. The van der Waals surface area contributed by atoms with Gasteiger partial charge in [0.1, 0.15) is 5.75 Å². The van der Waals surface area contributed by atoms with Crippen molar-refractivity contribution in [3.8, 4) is 17.0 Å². The Balaban J connectivity index is 1.70. The fraction of sp³-hybridized carbons (Fsp3) is 0.200. The average molecular weight is 333 g/mol. The molecule has 0 spiro atoms. The van der Waals surface area contributed by atoms with Crippen molar-refractivity contribution < 1.29 is 9.90 Å². The number of aromatic nitrogens is 2. The Hall–Kier alpha value is -3.08. The van der Waals surface area contributed by atoms with Gasteiger partial charge in [-0.25, -0.2) is 0 Å². The van der Waals surface area contributed by atoms with Gasteiger partial charge in [-0.15, -0.1) is 0 Å². The molecular weight excluding hydrogens is 314 g/mol. The number of hydrogen-bond donors (Lipinski definition) is 3. The number of H-pyrrole nitrogens is 1. The van der Waals surface area contributed by atoms with Gasteiger partial charge in [0.2, 0.25) is 0 Å². The predicted octanol–water partition coefficient (Wildman–Crippen LogP) is 3.91. The van der Waals surface area contributed by atoms with Gasteiger partial charge in [0.05, 0.1) is 5.69 Å². The summed E-state index contributed by atoms with van der Waals surface area (Å²) in [5.41, 5.74) is 5.25. The minimum Gasteiger partial charge on any atom is -0.508 e. The second-order valence-electron chi connectivity index (χ2n) is 6.29. The monoisotopic (exact) mass is 333 g/mol. The van der Waals surface area contributed by atoms with Crippen molar-refractivity contribution in [2.45, 2.75) is 25.7 Å². The van der Waals surface area contributed by atoms with Crippen molar-refractivity contribution in [2.75, 3.05) is 5.32 Å². The Bertz CT molecular complexity index is 930. The van der Waals surface area contributed by atoms with Gasteiger partial charge >= 0.3 is 0 Å². The van der Waals surface area contributed by atoms with Gasteiger partial charge < -0.3 is 10.4 Å². The fourth-order valence-electron chi connectivity index (χ4n) is 3.37. The molecule has 0 atom stereocenters. The van der Waals surface area contributed by atoms with E-state index in [4.69, 9.17) is 0 Å². The van der Waals surface area contributed by atoms with Crippen LogP contribution in [-0.4, -0.2) is 21.2 Å². The molecular formula is C20H19N3O2. The highest BCUT2D eigenvalue weighted by Gasteiger charge is 2.21. The van der Waals surface area contributed by atoms with E-state index in [0.717, 1.165) is 30.5 Å². The molecule has 1 aliphatic rings. The minimum absolute atomic E-state index is 0.118. The third kappa shape index (κ3) is 3.01. The number of hydrogen-bond acceptors (Lipinski definition) is 3. The molecule has 5 heteroatoms. The summed E-state index contributed by atoms with van der Waals surface area (Å²) in [6.07, 6.45) is 4.33. The Labute approximate surface area is 145 Å². The summed E-state index contributed by atoms with van der Waals surface area (Å²) in [4.78, 5) is 12.8.